The number of nitrogens with zero attached hydrogens (tertiary/aromatic N) is 1. The van der Waals surface area contributed by atoms with Crippen LogP contribution >= 0.6 is 0 Å². The molecule has 0 rings (SSSR count). The van der Waals surface area contributed by atoms with Crippen LogP contribution in [0.15, 0.2) is 0 Å². The van der Waals surface area contributed by atoms with Crippen molar-refractivity contribution >= 4 is 5.97 Å². The number of ether oxygens (including phenoxy) is 3. The Morgan fingerprint density at radius 2 is 1.75 bits per heavy atom. The van der Waals surface area contributed by atoms with Crippen LogP contribution in [-0.2, 0) is 19.0 Å². The van der Waals surface area contributed by atoms with Crippen LogP contribution in [0.25, 0.3) is 0 Å². The van der Waals surface area contributed by atoms with Gasteiger partial charge in [-0.05, 0) is 26.8 Å². The number of carbonyl (C=O) groups excluding carboxylic acids is 1. The van der Waals surface area contributed by atoms with Crippen LogP contribution in [0.5, 0.6) is 0 Å². The van der Waals surface area contributed by atoms with Gasteiger partial charge in [-0.1, -0.05) is 0 Å². The van der Waals surface area contributed by atoms with Crippen LogP contribution in [0.4, 0.5) is 0 Å². The molecule has 0 radical (unpaired) electrons. The second-order valence-corrected chi connectivity index (χ2v) is 5.00. The fourth-order valence-electron chi connectivity index (χ4n) is 1.92. The van der Waals surface area contributed by atoms with Gasteiger partial charge in [0.15, 0.2) is 0 Å². The van der Waals surface area contributed by atoms with Crippen LogP contribution in [-0.4, -0.2) is 77.6 Å². The van der Waals surface area contributed by atoms with Gasteiger partial charge < -0.3 is 24.4 Å². The van der Waals surface area contributed by atoms with Crippen molar-refractivity contribution in [3.05, 3.63) is 0 Å². The van der Waals surface area contributed by atoms with Gasteiger partial charge >= 0.3 is 5.97 Å². The first-order valence-electron chi connectivity index (χ1n) is 7.01. The Balaban J connectivity index is 4.35. The average Bonchev–Trinajstić information content (AvgIpc) is 2.48. The molecule has 0 aromatic rings. The molecule has 0 saturated heterocycles. The van der Waals surface area contributed by atoms with Crippen LogP contribution in [0.2, 0.25) is 0 Å². The third-order valence-electron chi connectivity index (χ3n) is 3.55. The van der Waals surface area contributed by atoms with Gasteiger partial charge in [-0.15, -0.1) is 0 Å². The zero-order chi connectivity index (χ0) is 15.4. The van der Waals surface area contributed by atoms with E-state index in [1.54, 1.807) is 21.3 Å². The molecule has 0 aliphatic carbocycles. The summed E-state index contributed by atoms with van der Waals surface area (Å²) in [7, 11) is 6.59. The minimum absolute atomic E-state index is 0.233. The van der Waals surface area contributed by atoms with Gasteiger partial charge in [0.25, 0.3) is 0 Å². The summed E-state index contributed by atoms with van der Waals surface area (Å²) in [6.07, 6.45) is 1.65. The largest absolute Gasteiger partial charge is 0.468 e. The Hall–Kier alpha value is -0.690. The number of carbonyl (C=O) groups is 1. The van der Waals surface area contributed by atoms with Crippen LogP contribution in [0, 0.1) is 0 Å². The van der Waals surface area contributed by atoms with E-state index in [1.165, 1.54) is 7.11 Å². The molecule has 0 heterocycles. The molecule has 0 aliphatic heterocycles. The van der Waals surface area contributed by atoms with E-state index in [1.807, 2.05) is 6.92 Å². The molecule has 0 aliphatic rings. The lowest BCUT2D eigenvalue weighted by molar-refractivity contribution is -0.148. The molecule has 0 bridgehead atoms. The Kier molecular flexibility index (Phi) is 10.6. The maximum absolute atomic E-state index is 11.8. The molecule has 0 spiro atoms. The number of methoxy groups -OCH3 is 3. The highest BCUT2D eigenvalue weighted by molar-refractivity contribution is 5.80. The Labute approximate surface area is 122 Å². The summed E-state index contributed by atoms with van der Waals surface area (Å²) in [5.41, 5.74) is -0.651. The first-order valence-corrected chi connectivity index (χ1v) is 7.01. The van der Waals surface area contributed by atoms with Gasteiger partial charge in [-0.25, -0.2) is 0 Å². The fourth-order valence-corrected chi connectivity index (χ4v) is 1.92. The number of esters is 1. The SMILES string of the molecule is CNC(C)(CCN(CCCOC)CCOC)C(=O)OC. The smallest absolute Gasteiger partial charge is 0.325 e. The highest BCUT2D eigenvalue weighted by Crippen LogP contribution is 2.12. The maximum Gasteiger partial charge on any atom is 0.325 e. The van der Waals surface area contributed by atoms with Crippen LogP contribution in [0.1, 0.15) is 19.8 Å². The fraction of sp³-hybridized carbons (Fsp3) is 0.929. The Bertz CT molecular complexity index is 264. The molecule has 20 heavy (non-hydrogen) atoms. The van der Waals surface area contributed by atoms with Crippen molar-refractivity contribution in [2.75, 3.05) is 61.2 Å². The van der Waals surface area contributed by atoms with Crippen LogP contribution < -0.4 is 5.32 Å². The summed E-state index contributed by atoms with van der Waals surface area (Å²) >= 11 is 0. The molecule has 6 nitrogen and oxygen atoms in total. The number of hydrogen-bond donors (Lipinski definition) is 1. The summed E-state index contributed by atoms with van der Waals surface area (Å²) in [5.74, 6) is -0.233. The second kappa shape index (κ2) is 11.0. The van der Waals surface area contributed by atoms with Crippen molar-refractivity contribution in [3.8, 4) is 0 Å². The molecule has 0 aromatic heterocycles. The van der Waals surface area contributed by atoms with Crippen molar-refractivity contribution < 1.29 is 19.0 Å². The van der Waals surface area contributed by atoms with Crippen molar-refractivity contribution in [1.29, 1.82) is 0 Å². The van der Waals surface area contributed by atoms with E-state index in [0.29, 0.717) is 13.0 Å². The molecule has 0 amide bonds. The predicted octanol–water partition coefficient (Wildman–Crippen LogP) is 0.513. The Morgan fingerprint density at radius 3 is 2.25 bits per heavy atom. The molecule has 1 atom stereocenters. The van der Waals surface area contributed by atoms with Crippen molar-refractivity contribution in [2.24, 2.45) is 0 Å². The maximum atomic E-state index is 11.8. The first-order chi connectivity index (χ1) is 9.53. The average molecular weight is 290 g/mol. The van der Waals surface area contributed by atoms with E-state index >= 15 is 0 Å². The van der Waals surface area contributed by atoms with Gasteiger partial charge in [0.2, 0.25) is 0 Å². The minimum Gasteiger partial charge on any atom is -0.468 e. The summed E-state index contributed by atoms with van der Waals surface area (Å²) in [5, 5.41) is 3.05. The lowest BCUT2D eigenvalue weighted by Gasteiger charge is -2.30. The van der Waals surface area contributed by atoms with Gasteiger partial charge in [0, 0.05) is 40.5 Å². The number of hydrogen-bond acceptors (Lipinski definition) is 6. The van der Waals surface area contributed by atoms with E-state index < -0.39 is 5.54 Å². The molecular formula is C14H30N2O4. The molecule has 0 saturated carbocycles. The first kappa shape index (κ1) is 19.3. The van der Waals surface area contributed by atoms with Gasteiger partial charge in [0.05, 0.1) is 13.7 Å². The van der Waals surface area contributed by atoms with E-state index in [2.05, 4.69) is 10.2 Å². The topological polar surface area (TPSA) is 60.0 Å². The zero-order valence-electron chi connectivity index (χ0n) is 13.5. The summed E-state index contributed by atoms with van der Waals surface area (Å²) in [6, 6.07) is 0. The predicted molar refractivity (Wildman–Crippen MR) is 78.9 cm³/mol. The van der Waals surface area contributed by atoms with Gasteiger partial charge in [-0.2, -0.15) is 0 Å². The van der Waals surface area contributed by atoms with E-state index in [4.69, 9.17) is 14.2 Å². The quantitative estimate of drug-likeness (QED) is 0.417. The zero-order valence-corrected chi connectivity index (χ0v) is 13.5. The second-order valence-electron chi connectivity index (χ2n) is 5.00. The number of likely N-dealkylation sites (N-methyl/N-ethyl adjacent to an activating group) is 1. The molecule has 6 heteroatoms. The summed E-state index contributed by atoms with van der Waals surface area (Å²) < 4.78 is 15.1. The lowest BCUT2D eigenvalue weighted by Crippen LogP contribution is -2.50. The Morgan fingerprint density at radius 1 is 1.10 bits per heavy atom. The molecule has 120 valence electrons. The summed E-state index contributed by atoms with van der Waals surface area (Å²) in [6.45, 7) is 5.87. The standard InChI is InChI=1S/C14H30N2O4/c1-14(15-2,13(17)20-5)7-9-16(10-12-19-4)8-6-11-18-3/h15H,6-12H2,1-5H3. The molecule has 1 unspecified atom stereocenters. The van der Waals surface area contributed by atoms with E-state index in [9.17, 15) is 4.79 Å². The number of rotatable bonds is 12. The van der Waals surface area contributed by atoms with Crippen LogP contribution in [0.3, 0.4) is 0 Å². The third-order valence-corrected chi connectivity index (χ3v) is 3.55. The minimum atomic E-state index is -0.651. The molecule has 1 N–H and O–H groups in total. The van der Waals surface area contributed by atoms with E-state index in [-0.39, 0.29) is 5.97 Å². The number of nitrogens with one attached hydrogen (secondary N) is 1. The summed E-state index contributed by atoms with van der Waals surface area (Å²) in [4.78, 5) is 14.1. The molecular weight excluding hydrogens is 260 g/mol. The molecule has 0 fully saturated rings. The van der Waals surface area contributed by atoms with E-state index in [0.717, 1.165) is 32.7 Å². The van der Waals surface area contributed by atoms with Crippen molar-refractivity contribution in [2.45, 2.75) is 25.3 Å². The van der Waals surface area contributed by atoms with Crippen molar-refractivity contribution in [1.82, 2.24) is 10.2 Å². The normalized spacial score (nSPS) is 14.3. The van der Waals surface area contributed by atoms with Crippen molar-refractivity contribution in [3.63, 3.8) is 0 Å². The highest BCUT2D eigenvalue weighted by Gasteiger charge is 2.32. The third kappa shape index (κ3) is 7.19. The monoisotopic (exact) mass is 290 g/mol. The molecule has 0 aromatic carbocycles. The van der Waals surface area contributed by atoms with Gasteiger partial charge in [0.1, 0.15) is 5.54 Å². The van der Waals surface area contributed by atoms with Gasteiger partial charge in [-0.3, -0.25) is 4.79 Å². The highest BCUT2D eigenvalue weighted by atomic mass is 16.5. The lowest BCUT2D eigenvalue weighted by atomic mass is 9.98.